The summed E-state index contributed by atoms with van der Waals surface area (Å²) in [6, 6.07) is 4.69. The Labute approximate surface area is 196 Å². The molecule has 0 bridgehead atoms. The van der Waals surface area contributed by atoms with Crippen LogP contribution in [0.5, 0.6) is 5.95 Å². The Morgan fingerprint density at radius 2 is 1.00 bits per heavy atom. The Hall–Kier alpha value is -0.109. The summed E-state index contributed by atoms with van der Waals surface area (Å²) in [4.78, 5) is 0. The molecule has 0 radical (unpaired) electrons. The molecule has 0 aromatic carbocycles. The third kappa shape index (κ3) is 20.9. The number of furan rings is 1. The Balaban J connectivity index is -0.000000199. The number of hydrogen-bond donors (Lipinski definition) is 3. The van der Waals surface area contributed by atoms with Gasteiger partial charge in [0.15, 0.2) is 0 Å². The van der Waals surface area contributed by atoms with Crippen LogP contribution >= 0.6 is 0 Å². The third-order valence-electron chi connectivity index (χ3n) is 3.43. The first-order valence-corrected chi connectivity index (χ1v) is 12.4. The summed E-state index contributed by atoms with van der Waals surface area (Å²) in [6.45, 7) is 23.9. The van der Waals surface area contributed by atoms with Crippen LogP contribution in [-0.2, 0) is 21.7 Å². The Morgan fingerprint density at radius 3 is 1.17 bits per heavy atom. The average molecular weight is 468 g/mol. The molecule has 7 heteroatoms. The van der Waals surface area contributed by atoms with E-state index in [9.17, 15) is 0 Å². The molecular formula is C22H47O5SiTi-. The van der Waals surface area contributed by atoms with Crippen molar-refractivity contribution in [2.75, 3.05) is 0 Å². The average Bonchev–Trinajstić information content (AvgIpc) is 2.94. The summed E-state index contributed by atoms with van der Waals surface area (Å²) in [5.74, 6) is 0.628. The van der Waals surface area contributed by atoms with Crippen LogP contribution in [0.2, 0.25) is 16.6 Å². The van der Waals surface area contributed by atoms with Crippen molar-refractivity contribution in [1.82, 2.24) is 0 Å². The molecule has 0 amide bonds. The maximum absolute atomic E-state index is 8.06. The fourth-order valence-corrected chi connectivity index (χ4v) is 7.97. The molecule has 3 N–H and O–H groups in total. The largest absolute Gasteiger partial charge is 0.605 e. The summed E-state index contributed by atoms with van der Waals surface area (Å²) < 4.78 is 11.6. The number of rotatable bonds is 5. The van der Waals surface area contributed by atoms with Gasteiger partial charge in [-0.05, 0) is 64.4 Å². The van der Waals surface area contributed by atoms with Crippen LogP contribution in [0.25, 0.3) is 0 Å². The first-order chi connectivity index (χ1) is 12.6. The standard InChI is InChI=1S/C13H23O2Si.3C3H8O.Ti/c1-10(2)16(11(3)4,12(5)6)15-13-8-7-9-14-13;3*1-3(2)4;/h8-12H,1-6H3;3*3-4H,1-2H3;/q-1;;;;. The van der Waals surface area contributed by atoms with Crippen molar-refractivity contribution in [2.24, 2.45) is 0 Å². The van der Waals surface area contributed by atoms with Gasteiger partial charge in [0, 0.05) is 40.0 Å². The molecule has 29 heavy (non-hydrogen) atoms. The molecule has 0 unspecified atom stereocenters. The first-order valence-electron chi connectivity index (χ1n) is 10.3. The van der Waals surface area contributed by atoms with Crippen molar-refractivity contribution in [2.45, 2.75) is 118 Å². The second kappa shape index (κ2) is 19.8. The first kappa shape index (κ1) is 36.3. The normalized spacial score (nSPS) is 10.8. The van der Waals surface area contributed by atoms with Crippen LogP contribution in [0.3, 0.4) is 0 Å². The van der Waals surface area contributed by atoms with E-state index in [1.165, 1.54) is 0 Å². The summed E-state index contributed by atoms with van der Waals surface area (Å²) in [5, 5.41) is 24.2. The summed E-state index contributed by atoms with van der Waals surface area (Å²) in [7, 11) is -1.85. The van der Waals surface area contributed by atoms with Gasteiger partial charge in [-0.2, -0.15) is 6.07 Å². The van der Waals surface area contributed by atoms with E-state index in [1.807, 2.05) is 0 Å². The van der Waals surface area contributed by atoms with E-state index in [1.54, 1.807) is 53.9 Å². The molecule has 0 fully saturated rings. The molecule has 1 heterocycles. The predicted octanol–water partition coefficient (Wildman–Crippen LogP) is 5.79. The van der Waals surface area contributed by atoms with Crippen LogP contribution in [0.1, 0.15) is 83.1 Å². The minimum atomic E-state index is -1.85. The van der Waals surface area contributed by atoms with Gasteiger partial charge in [0.1, 0.15) is 5.95 Å². The summed E-state index contributed by atoms with van der Waals surface area (Å²) >= 11 is 0. The van der Waals surface area contributed by atoms with Crippen molar-refractivity contribution < 1.29 is 45.9 Å². The van der Waals surface area contributed by atoms with Crippen molar-refractivity contribution in [3.63, 3.8) is 0 Å². The second-order valence-electron chi connectivity index (χ2n) is 8.57. The van der Waals surface area contributed by atoms with E-state index in [2.05, 4.69) is 47.6 Å². The second-order valence-corrected chi connectivity index (χ2v) is 13.9. The molecule has 1 rings (SSSR count). The zero-order valence-corrected chi connectivity index (χ0v) is 23.3. The minimum absolute atomic E-state index is 0. The van der Waals surface area contributed by atoms with E-state index < -0.39 is 8.32 Å². The monoisotopic (exact) mass is 467 g/mol. The van der Waals surface area contributed by atoms with Crippen LogP contribution in [0.4, 0.5) is 0 Å². The van der Waals surface area contributed by atoms with Crippen molar-refractivity contribution >= 4 is 8.32 Å². The molecule has 0 saturated heterocycles. The van der Waals surface area contributed by atoms with E-state index in [4.69, 9.17) is 24.2 Å². The third-order valence-corrected chi connectivity index (χ3v) is 9.40. The van der Waals surface area contributed by atoms with Gasteiger partial charge >= 0.3 is 0 Å². The zero-order chi connectivity index (χ0) is 23.1. The molecule has 0 aliphatic rings. The number of aliphatic hydroxyl groups excluding tert-OH is 3. The molecule has 0 spiro atoms. The van der Waals surface area contributed by atoms with Gasteiger partial charge in [0.25, 0.3) is 0 Å². The van der Waals surface area contributed by atoms with E-state index >= 15 is 0 Å². The maximum Gasteiger partial charge on any atom is 0.238 e. The van der Waals surface area contributed by atoms with Gasteiger partial charge in [-0.3, -0.25) is 0 Å². The summed E-state index contributed by atoms with van der Waals surface area (Å²) in [5.41, 5.74) is 1.70. The Kier molecular flexibility index (Phi) is 24.8. The number of hydrogen-bond acceptors (Lipinski definition) is 5. The van der Waals surface area contributed by atoms with Gasteiger partial charge in [-0.25, -0.2) is 6.07 Å². The van der Waals surface area contributed by atoms with Crippen molar-refractivity contribution in [3.8, 4) is 5.95 Å². The van der Waals surface area contributed by atoms with E-state index in [0.29, 0.717) is 22.6 Å². The quantitative estimate of drug-likeness (QED) is 0.377. The van der Waals surface area contributed by atoms with Gasteiger partial charge in [-0.1, -0.05) is 41.5 Å². The number of aliphatic hydroxyl groups is 3. The Morgan fingerprint density at radius 1 is 0.724 bits per heavy atom. The molecule has 0 aliphatic heterocycles. The molecule has 0 atom stereocenters. The fraction of sp³-hybridized carbons (Fsp3) is 0.818. The summed E-state index contributed by atoms with van der Waals surface area (Å²) in [6.07, 6.45) is 1.05. The van der Waals surface area contributed by atoms with Gasteiger partial charge in [0.2, 0.25) is 8.32 Å². The molecule has 0 saturated carbocycles. The van der Waals surface area contributed by atoms with Gasteiger partial charge in [-0.15, -0.1) is 0 Å². The molecule has 5 nitrogen and oxygen atoms in total. The van der Waals surface area contributed by atoms with Crippen molar-refractivity contribution in [1.29, 1.82) is 0 Å². The van der Waals surface area contributed by atoms with E-state index in [-0.39, 0.29) is 40.0 Å². The Bertz CT molecular complexity index is 388. The van der Waals surface area contributed by atoms with Crippen LogP contribution in [-0.4, -0.2) is 41.9 Å². The SMILES string of the molecule is CC(C)O.CC(C)O.CC(C)O.CC(C)[Si](Oc1c[c-]co1)(C(C)C)C(C)C.[Ti]. The van der Waals surface area contributed by atoms with E-state index in [0.717, 1.165) is 0 Å². The molecule has 174 valence electrons. The van der Waals surface area contributed by atoms with Gasteiger partial charge in [0.05, 0.1) is 0 Å². The smallest absolute Gasteiger partial charge is 0.238 e. The topological polar surface area (TPSA) is 83.1 Å². The van der Waals surface area contributed by atoms with Crippen LogP contribution in [0.15, 0.2) is 16.7 Å². The molecular weight excluding hydrogens is 420 g/mol. The zero-order valence-electron chi connectivity index (χ0n) is 20.8. The predicted molar refractivity (Wildman–Crippen MR) is 121 cm³/mol. The fourth-order valence-electron chi connectivity index (χ4n) is 2.81. The maximum atomic E-state index is 8.06. The van der Waals surface area contributed by atoms with Crippen LogP contribution < -0.4 is 4.43 Å². The van der Waals surface area contributed by atoms with Crippen molar-refractivity contribution in [3.05, 3.63) is 18.4 Å². The molecule has 0 aliphatic carbocycles. The molecule has 1 aromatic rings. The molecule has 1 aromatic heterocycles. The van der Waals surface area contributed by atoms with Gasteiger partial charge < -0.3 is 24.2 Å². The minimum Gasteiger partial charge on any atom is -0.605 e. The van der Waals surface area contributed by atoms with Crippen LogP contribution in [0, 0.1) is 6.07 Å².